The molecule has 0 saturated carbocycles. The third-order valence-electron chi connectivity index (χ3n) is 6.49. The van der Waals surface area contributed by atoms with E-state index in [0.29, 0.717) is 5.92 Å². The molecule has 0 aliphatic carbocycles. The summed E-state index contributed by atoms with van der Waals surface area (Å²) in [7, 11) is 0. The van der Waals surface area contributed by atoms with E-state index >= 15 is 0 Å². The molecule has 31 heavy (non-hydrogen) atoms. The van der Waals surface area contributed by atoms with Gasteiger partial charge in [-0.1, -0.05) is 126 Å². The summed E-state index contributed by atoms with van der Waals surface area (Å²) in [6, 6.07) is 14.1. The highest BCUT2D eigenvalue weighted by atomic mass is 14.3. The van der Waals surface area contributed by atoms with Crippen LogP contribution in [0.3, 0.4) is 0 Å². The number of benzene rings is 2. The van der Waals surface area contributed by atoms with Gasteiger partial charge in [-0.25, -0.2) is 0 Å². The lowest BCUT2D eigenvalue weighted by Gasteiger charge is -2.35. The number of hydrogen-bond acceptors (Lipinski definition) is 0. The summed E-state index contributed by atoms with van der Waals surface area (Å²) in [6.45, 7) is 30.6. The Morgan fingerprint density at radius 3 is 1.42 bits per heavy atom. The Bertz CT molecular complexity index is 899. The normalized spacial score (nSPS) is 14.6. The maximum atomic E-state index is 2.55. The van der Waals surface area contributed by atoms with Gasteiger partial charge in [0.25, 0.3) is 0 Å². The topological polar surface area (TPSA) is 0 Å². The molecule has 0 aliphatic rings. The van der Waals surface area contributed by atoms with Gasteiger partial charge in [-0.05, 0) is 67.4 Å². The van der Waals surface area contributed by atoms with E-state index in [9.17, 15) is 0 Å². The van der Waals surface area contributed by atoms with Crippen LogP contribution < -0.4 is 0 Å². The zero-order chi connectivity index (χ0) is 24.0. The Morgan fingerprint density at radius 2 is 0.968 bits per heavy atom. The van der Waals surface area contributed by atoms with Gasteiger partial charge in [0, 0.05) is 0 Å². The first kappa shape index (κ1) is 25.7. The summed E-state index contributed by atoms with van der Waals surface area (Å²) in [5.74, 6) is 0.477. The van der Waals surface area contributed by atoms with E-state index < -0.39 is 0 Å². The van der Waals surface area contributed by atoms with Crippen LogP contribution in [0.25, 0.3) is 0 Å². The number of rotatable bonds is 3. The summed E-state index contributed by atoms with van der Waals surface area (Å²) in [6.07, 6.45) is 1.08. The quantitative estimate of drug-likeness (QED) is 0.464. The Kier molecular flexibility index (Phi) is 6.98. The van der Waals surface area contributed by atoms with Crippen molar-refractivity contribution in [2.75, 3.05) is 0 Å². The van der Waals surface area contributed by atoms with Crippen LogP contribution >= 0.6 is 0 Å². The SMILES string of the molecule is CC(Cc1cc(C(C)(C)C)c(C(C)(C)C)cc1C(C)(C)C)c1ccccc1C(C)(C)C. The van der Waals surface area contributed by atoms with E-state index in [4.69, 9.17) is 0 Å². The van der Waals surface area contributed by atoms with Gasteiger partial charge in [-0.15, -0.1) is 0 Å². The fourth-order valence-corrected chi connectivity index (χ4v) is 4.80. The van der Waals surface area contributed by atoms with Gasteiger partial charge in [0.15, 0.2) is 0 Å². The molecular formula is C31H48. The average molecular weight is 421 g/mol. The second kappa shape index (κ2) is 8.42. The molecule has 172 valence electrons. The van der Waals surface area contributed by atoms with E-state index in [1.807, 2.05) is 0 Å². The Labute approximate surface area is 193 Å². The van der Waals surface area contributed by atoms with E-state index in [0.717, 1.165) is 6.42 Å². The molecule has 0 amide bonds. The van der Waals surface area contributed by atoms with Crippen LogP contribution in [0.1, 0.15) is 129 Å². The number of hydrogen-bond donors (Lipinski definition) is 0. The maximum absolute atomic E-state index is 2.55. The second-order valence-corrected chi connectivity index (χ2v) is 13.7. The van der Waals surface area contributed by atoms with E-state index in [2.05, 4.69) is 126 Å². The molecule has 0 heteroatoms. The molecule has 0 nitrogen and oxygen atoms in total. The average Bonchev–Trinajstić information content (AvgIpc) is 2.58. The highest BCUT2D eigenvalue weighted by molar-refractivity contribution is 5.48. The molecule has 0 bridgehead atoms. The lowest BCUT2D eigenvalue weighted by Crippen LogP contribution is -2.26. The van der Waals surface area contributed by atoms with Crippen molar-refractivity contribution in [2.24, 2.45) is 0 Å². The molecule has 0 aromatic heterocycles. The molecule has 1 unspecified atom stereocenters. The highest BCUT2D eigenvalue weighted by Crippen LogP contribution is 2.41. The first-order valence-corrected chi connectivity index (χ1v) is 12.1. The van der Waals surface area contributed by atoms with Crippen LogP contribution in [-0.2, 0) is 28.1 Å². The van der Waals surface area contributed by atoms with Gasteiger partial charge in [0.05, 0.1) is 0 Å². The third kappa shape index (κ3) is 6.03. The molecule has 0 radical (unpaired) electrons. The van der Waals surface area contributed by atoms with Crippen LogP contribution in [-0.4, -0.2) is 0 Å². The second-order valence-electron chi connectivity index (χ2n) is 13.7. The van der Waals surface area contributed by atoms with Gasteiger partial charge >= 0.3 is 0 Å². The first-order chi connectivity index (χ1) is 13.8. The highest BCUT2D eigenvalue weighted by Gasteiger charge is 2.30. The Morgan fingerprint density at radius 1 is 0.548 bits per heavy atom. The standard InChI is InChI=1S/C31H48/c1-21(23-16-14-15-17-24(23)28(2,3)4)18-22-19-26(30(8,9)10)27(31(11,12)13)20-25(22)29(5,6)7/h14-17,19-21H,18H2,1-13H3. The molecule has 0 heterocycles. The third-order valence-corrected chi connectivity index (χ3v) is 6.49. The van der Waals surface area contributed by atoms with Gasteiger partial charge in [-0.3, -0.25) is 0 Å². The van der Waals surface area contributed by atoms with Gasteiger partial charge < -0.3 is 0 Å². The largest absolute Gasteiger partial charge is 0.0620 e. The van der Waals surface area contributed by atoms with Gasteiger partial charge in [-0.2, -0.15) is 0 Å². The van der Waals surface area contributed by atoms with Crippen LogP contribution in [0.5, 0.6) is 0 Å². The van der Waals surface area contributed by atoms with Crippen molar-refractivity contribution in [3.8, 4) is 0 Å². The molecule has 0 N–H and O–H groups in total. The molecule has 0 fully saturated rings. The predicted octanol–water partition coefficient (Wildman–Crippen LogP) is 9.22. The van der Waals surface area contributed by atoms with Crippen molar-refractivity contribution in [3.05, 3.63) is 69.8 Å². The molecule has 2 aromatic rings. The smallest absolute Gasteiger partial charge is 0.0129 e. The van der Waals surface area contributed by atoms with Crippen molar-refractivity contribution in [1.29, 1.82) is 0 Å². The summed E-state index contributed by atoms with van der Waals surface area (Å²) in [5, 5.41) is 0. The van der Waals surface area contributed by atoms with Crippen molar-refractivity contribution in [1.82, 2.24) is 0 Å². The van der Waals surface area contributed by atoms with E-state index in [1.54, 1.807) is 0 Å². The molecule has 2 aromatic carbocycles. The fourth-order valence-electron chi connectivity index (χ4n) is 4.80. The minimum atomic E-state index is 0.120. The fraction of sp³-hybridized carbons (Fsp3) is 0.613. The summed E-state index contributed by atoms with van der Waals surface area (Å²) >= 11 is 0. The van der Waals surface area contributed by atoms with Crippen molar-refractivity contribution in [3.63, 3.8) is 0 Å². The summed E-state index contributed by atoms with van der Waals surface area (Å²) in [5.41, 5.74) is 9.52. The maximum Gasteiger partial charge on any atom is -0.0129 e. The lowest BCUT2D eigenvalue weighted by molar-refractivity contribution is 0.518. The predicted molar refractivity (Wildman–Crippen MR) is 140 cm³/mol. The van der Waals surface area contributed by atoms with Crippen LogP contribution in [0, 0.1) is 0 Å². The zero-order valence-corrected chi connectivity index (χ0v) is 22.7. The minimum Gasteiger partial charge on any atom is -0.0620 e. The Balaban J connectivity index is 2.69. The minimum absolute atomic E-state index is 0.120. The molecular weight excluding hydrogens is 372 g/mol. The van der Waals surface area contributed by atoms with Crippen molar-refractivity contribution >= 4 is 0 Å². The molecule has 0 saturated heterocycles. The zero-order valence-electron chi connectivity index (χ0n) is 22.7. The van der Waals surface area contributed by atoms with Crippen molar-refractivity contribution in [2.45, 2.75) is 124 Å². The van der Waals surface area contributed by atoms with E-state index in [1.165, 1.54) is 33.4 Å². The van der Waals surface area contributed by atoms with Crippen LogP contribution in [0.4, 0.5) is 0 Å². The summed E-state index contributed by atoms with van der Waals surface area (Å²) in [4.78, 5) is 0. The monoisotopic (exact) mass is 420 g/mol. The first-order valence-electron chi connectivity index (χ1n) is 12.1. The molecule has 1 atom stereocenters. The van der Waals surface area contributed by atoms with Gasteiger partial charge in [0.2, 0.25) is 0 Å². The van der Waals surface area contributed by atoms with Crippen LogP contribution in [0.15, 0.2) is 36.4 Å². The molecule has 2 rings (SSSR count). The summed E-state index contributed by atoms with van der Waals surface area (Å²) < 4.78 is 0. The van der Waals surface area contributed by atoms with Crippen molar-refractivity contribution < 1.29 is 0 Å². The molecule has 0 aliphatic heterocycles. The Hall–Kier alpha value is -1.56. The van der Waals surface area contributed by atoms with Crippen LogP contribution in [0.2, 0.25) is 0 Å². The van der Waals surface area contributed by atoms with Gasteiger partial charge in [0.1, 0.15) is 0 Å². The van der Waals surface area contributed by atoms with E-state index in [-0.39, 0.29) is 21.7 Å². The lowest BCUT2D eigenvalue weighted by atomic mass is 9.70. The molecule has 0 spiro atoms.